The highest BCUT2D eigenvalue weighted by atomic mass is 16.7. The standard InChI is InChI=1S/C84H163NO8/c1-3-5-7-9-11-13-15-17-19-21-23-25-27-29-31-33-34-35-36-37-38-39-40-41-42-43-44-46-48-50-52-54-56-58-60-62-64-66-68-70-72-74-80(88)85-77(76-92-84-83(91)82(90)81(89)79(75-86)93-84)78(87)73-71-69-67-65-63-61-59-57-55-53-51-49-47-45-32-30-28-26-24-22-20-18-16-14-12-10-8-6-4-2/h21,23,71,73,77-79,81-84,86-87,89-91H,3-20,22,24-70,72,74-76H2,1-2H3,(H,85,88)/b23-21-,73-71+. The zero-order chi connectivity index (χ0) is 67.1. The summed E-state index contributed by atoms with van der Waals surface area (Å²) in [4.78, 5) is 13.2. The molecule has 6 N–H and O–H groups in total. The van der Waals surface area contributed by atoms with Gasteiger partial charge in [-0.3, -0.25) is 4.79 Å². The molecular formula is C84H163NO8. The summed E-state index contributed by atoms with van der Waals surface area (Å²) >= 11 is 0. The van der Waals surface area contributed by atoms with Gasteiger partial charge in [0, 0.05) is 6.42 Å². The first kappa shape index (κ1) is 89.7. The van der Waals surface area contributed by atoms with E-state index in [2.05, 4.69) is 31.3 Å². The average Bonchev–Trinajstić information content (AvgIpc) is 1.00. The predicted molar refractivity (Wildman–Crippen MR) is 401 cm³/mol. The van der Waals surface area contributed by atoms with Crippen molar-refractivity contribution in [3.63, 3.8) is 0 Å². The van der Waals surface area contributed by atoms with Crippen LogP contribution in [0.5, 0.6) is 0 Å². The molecule has 0 bridgehead atoms. The van der Waals surface area contributed by atoms with Gasteiger partial charge in [-0.15, -0.1) is 0 Å². The van der Waals surface area contributed by atoms with E-state index in [4.69, 9.17) is 9.47 Å². The molecule has 1 heterocycles. The normalized spacial score (nSPS) is 17.6. The third kappa shape index (κ3) is 61.5. The molecule has 1 saturated heterocycles. The minimum atomic E-state index is -1.57. The fraction of sp³-hybridized carbons (Fsp3) is 0.940. The topological polar surface area (TPSA) is 149 Å². The van der Waals surface area contributed by atoms with Crippen LogP contribution in [0, 0.1) is 0 Å². The van der Waals surface area contributed by atoms with E-state index in [0.717, 1.165) is 38.5 Å². The summed E-state index contributed by atoms with van der Waals surface area (Å²) in [6, 6.07) is -0.804. The largest absolute Gasteiger partial charge is 0.394 e. The molecule has 0 aromatic rings. The van der Waals surface area contributed by atoms with Crippen LogP contribution in [-0.2, 0) is 14.3 Å². The Morgan fingerprint density at radius 1 is 0.355 bits per heavy atom. The average molecular weight is 1320 g/mol. The monoisotopic (exact) mass is 1310 g/mol. The Hall–Kier alpha value is -1.33. The molecule has 0 radical (unpaired) electrons. The SMILES string of the molecule is CCCCCCCCCC/C=C\CCCCCCCCCCCCCCCCCCCCCCCCCCCCCCCC(=O)NC(COC1OC(CO)C(O)C(O)C1O)C(O)/C=C/CCCCCCCCCCCCCCCCCCCCCCCCCCCCC. The van der Waals surface area contributed by atoms with E-state index in [0.29, 0.717) is 6.42 Å². The van der Waals surface area contributed by atoms with Gasteiger partial charge in [0.05, 0.1) is 25.4 Å². The second kappa shape index (κ2) is 73.4. The van der Waals surface area contributed by atoms with Crippen molar-refractivity contribution >= 4 is 5.91 Å². The zero-order valence-corrected chi connectivity index (χ0v) is 62.3. The third-order valence-electron chi connectivity index (χ3n) is 20.5. The van der Waals surface area contributed by atoms with Gasteiger partial charge < -0.3 is 40.3 Å². The fourth-order valence-corrected chi connectivity index (χ4v) is 14.0. The van der Waals surface area contributed by atoms with Crippen LogP contribution in [0.2, 0.25) is 0 Å². The summed E-state index contributed by atoms with van der Waals surface area (Å²) in [7, 11) is 0. The molecule has 0 spiro atoms. The van der Waals surface area contributed by atoms with Gasteiger partial charge in [-0.25, -0.2) is 0 Å². The lowest BCUT2D eigenvalue weighted by Crippen LogP contribution is -2.60. The molecule has 0 aromatic heterocycles. The molecular weight excluding hydrogens is 1150 g/mol. The Bertz CT molecular complexity index is 1530. The van der Waals surface area contributed by atoms with Crippen LogP contribution >= 0.6 is 0 Å². The molecule has 1 aliphatic rings. The second-order valence-electron chi connectivity index (χ2n) is 29.6. The Balaban J connectivity index is 2.02. The van der Waals surface area contributed by atoms with Crippen LogP contribution in [-0.4, -0.2) is 87.5 Å². The number of rotatable bonds is 76. The minimum absolute atomic E-state index is 0.166. The molecule has 7 atom stereocenters. The van der Waals surface area contributed by atoms with Crippen molar-refractivity contribution in [1.29, 1.82) is 0 Å². The molecule has 1 amide bonds. The third-order valence-corrected chi connectivity index (χ3v) is 20.5. The molecule has 552 valence electrons. The van der Waals surface area contributed by atoms with Crippen LogP contribution < -0.4 is 5.32 Å². The van der Waals surface area contributed by atoms with Crippen molar-refractivity contribution in [2.45, 2.75) is 493 Å². The number of aliphatic hydroxyl groups excluding tert-OH is 5. The Morgan fingerprint density at radius 2 is 0.602 bits per heavy atom. The van der Waals surface area contributed by atoms with Crippen LogP contribution in [0.15, 0.2) is 24.3 Å². The first-order valence-electron chi connectivity index (χ1n) is 42.1. The number of ether oxygens (including phenoxy) is 2. The van der Waals surface area contributed by atoms with Crippen LogP contribution in [0.25, 0.3) is 0 Å². The van der Waals surface area contributed by atoms with Gasteiger partial charge in [-0.1, -0.05) is 423 Å². The zero-order valence-electron chi connectivity index (χ0n) is 62.3. The minimum Gasteiger partial charge on any atom is -0.394 e. The number of carbonyl (C=O) groups is 1. The second-order valence-corrected chi connectivity index (χ2v) is 29.6. The highest BCUT2D eigenvalue weighted by Gasteiger charge is 2.44. The van der Waals surface area contributed by atoms with Gasteiger partial charge in [-0.05, 0) is 44.9 Å². The summed E-state index contributed by atoms with van der Waals surface area (Å²) in [5.41, 5.74) is 0. The molecule has 9 heteroatoms. The quantitative estimate of drug-likeness (QED) is 0.0261. The molecule has 0 aromatic carbocycles. The lowest BCUT2D eigenvalue weighted by molar-refractivity contribution is -0.302. The first-order chi connectivity index (χ1) is 45.8. The van der Waals surface area contributed by atoms with Gasteiger partial charge in [0.2, 0.25) is 5.91 Å². The number of unbranched alkanes of at least 4 members (excludes halogenated alkanes) is 64. The smallest absolute Gasteiger partial charge is 0.220 e. The van der Waals surface area contributed by atoms with E-state index in [1.54, 1.807) is 6.08 Å². The number of allylic oxidation sites excluding steroid dienone is 3. The Labute approximate surface area is 579 Å². The van der Waals surface area contributed by atoms with Gasteiger partial charge in [-0.2, -0.15) is 0 Å². The van der Waals surface area contributed by atoms with Crippen LogP contribution in [0.1, 0.15) is 450 Å². The number of carbonyl (C=O) groups excluding carboxylic acids is 1. The maximum absolute atomic E-state index is 13.2. The van der Waals surface area contributed by atoms with Crippen molar-refractivity contribution in [1.82, 2.24) is 5.32 Å². The highest BCUT2D eigenvalue weighted by Crippen LogP contribution is 2.24. The molecule has 9 nitrogen and oxygen atoms in total. The molecule has 1 aliphatic heterocycles. The number of hydrogen-bond donors (Lipinski definition) is 6. The van der Waals surface area contributed by atoms with Crippen molar-refractivity contribution in [3.05, 3.63) is 24.3 Å². The van der Waals surface area contributed by atoms with E-state index in [1.807, 2.05) is 6.08 Å². The lowest BCUT2D eigenvalue weighted by Gasteiger charge is -2.40. The first-order valence-corrected chi connectivity index (χ1v) is 42.1. The highest BCUT2D eigenvalue weighted by molar-refractivity contribution is 5.76. The van der Waals surface area contributed by atoms with Crippen molar-refractivity contribution in [2.24, 2.45) is 0 Å². The number of nitrogens with one attached hydrogen (secondary N) is 1. The number of hydrogen-bond acceptors (Lipinski definition) is 8. The van der Waals surface area contributed by atoms with Gasteiger partial charge in [0.1, 0.15) is 24.4 Å². The summed E-state index contributed by atoms with van der Waals surface area (Å²) in [5, 5.41) is 55.0. The van der Waals surface area contributed by atoms with Crippen LogP contribution in [0.4, 0.5) is 0 Å². The van der Waals surface area contributed by atoms with E-state index < -0.39 is 49.5 Å². The fourth-order valence-electron chi connectivity index (χ4n) is 14.0. The summed E-state index contributed by atoms with van der Waals surface area (Å²) < 4.78 is 11.4. The van der Waals surface area contributed by atoms with E-state index in [1.165, 1.54) is 392 Å². The van der Waals surface area contributed by atoms with Crippen LogP contribution in [0.3, 0.4) is 0 Å². The Morgan fingerprint density at radius 3 is 0.871 bits per heavy atom. The molecule has 7 unspecified atom stereocenters. The number of amides is 1. The van der Waals surface area contributed by atoms with E-state index >= 15 is 0 Å². The maximum Gasteiger partial charge on any atom is 0.220 e. The summed E-state index contributed by atoms with van der Waals surface area (Å²) in [6.07, 6.45) is 92.1. The predicted octanol–water partition coefficient (Wildman–Crippen LogP) is 24.3. The summed E-state index contributed by atoms with van der Waals surface area (Å²) in [5.74, 6) is -0.166. The van der Waals surface area contributed by atoms with Gasteiger partial charge >= 0.3 is 0 Å². The van der Waals surface area contributed by atoms with Gasteiger partial charge in [0.25, 0.3) is 0 Å². The van der Waals surface area contributed by atoms with Crippen molar-refractivity contribution in [2.75, 3.05) is 13.2 Å². The molecule has 0 saturated carbocycles. The maximum atomic E-state index is 13.2. The molecule has 93 heavy (non-hydrogen) atoms. The molecule has 1 fully saturated rings. The van der Waals surface area contributed by atoms with E-state index in [9.17, 15) is 30.3 Å². The molecule has 1 rings (SSSR count). The number of aliphatic hydroxyl groups is 5. The summed E-state index contributed by atoms with van der Waals surface area (Å²) in [6.45, 7) is 3.85. The Kier molecular flexibility index (Phi) is 70.8. The van der Waals surface area contributed by atoms with Gasteiger partial charge in [0.15, 0.2) is 6.29 Å². The molecule has 0 aliphatic carbocycles. The van der Waals surface area contributed by atoms with Crippen molar-refractivity contribution < 1.29 is 39.8 Å². The van der Waals surface area contributed by atoms with E-state index in [-0.39, 0.29) is 12.5 Å². The lowest BCUT2D eigenvalue weighted by atomic mass is 9.99. The van der Waals surface area contributed by atoms with Crippen molar-refractivity contribution in [3.8, 4) is 0 Å².